The smallest absolute Gasteiger partial charge is 0.307 e. The zero-order valence-electron chi connectivity index (χ0n) is 11.6. The van der Waals surface area contributed by atoms with Gasteiger partial charge in [-0.3, -0.25) is 9.48 Å². The number of rotatable bonds is 5. The van der Waals surface area contributed by atoms with Crippen molar-refractivity contribution in [3.05, 3.63) is 24.2 Å². The van der Waals surface area contributed by atoms with E-state index in [0.29, 0.717) is 28.5 Å². The second-order valence-electron chi connectivity index (χ2n) is 4.05. The van der Waals surface area contributed by atoms with E-state index in [2.05, 4.69) is 25.9 Å². The van der Waals surface area contributed by atoms with Crippen molar-refractivity contribution in [2.45, 2.75) is 18.1 Å². The molecule has 0 bridgehead atoms. The lowest BCUT2D eigenvalue weighted by atomic mass is 10.1. The topological polar surface area (TPSA) is 93.7 Å². The van der Waals surface area contributed by atoms with Crippen LogP contribution in [0.25, 0.3) is 11.3 Å². The molecule has 0 unspecified atom stereocenters. The Kier molecular flexibility index (Phi) is 4.90. The van der Waals surface area contributed by atoms with Crippen LogP contribution in [-0.4, -0.2) is 39.1 Å². The molecule has 0 aromatic carbocycles. The summed E-state index contributed by atoms with van der Waals surface area (Å²) in [4.78, 5) is 19.5. The van der Waals surface area contributed by atoms with Gasteiger partial charge in [0.15, 0.2) is 5.16 Å². The standard InChI is InChI=1S/C13H13N5O2S/c1-20-11(19)3-4-18-8-10(7-16-18)12-9(5-14)6-15-13(17-12)21-2/h6-8H,3-4H2,1-2H3. The van der Waals surface area contributed by atoms with Crippen LogP contribution in [0.2, 0.25) is 0 Å². The number of aromatic nitrogens is 4. The summed E-state index contributed by atoms with van der Waals surface area (Å²) in [5.41, 5.74) is 1.65. The van der Waals surface area contributed by atoms with Crippen LogP contribution in [0.4, 0.5) is 0 Å². The number of aryl methyl sites for hydroxylation is 1. The first-order chi connectivity index (χ1) is 10.2. The van der Waals surface area contributed by atoms with Gasteiger partial charge in [0.05, 0.1) is 37.5 Å². The van der Waals surface area contributed by atoms with Gasteiger partial charge < -0.3 is 4.74 Å². The molecule has 0 aliphatic rings. The van der Waals surface area contributed by atoms with Crippen LogP contribution >= 0.6 is 11.8 Å². The maximum absolute atomic E-state index is 11.1. The van der Waals surface area contributed by atoms with Crippen molar-refractivity contribution < 1.29 is 9.53 Å². The van der Waals surface area contributed by atoms with Gasteiger partial charge in [-0.1, -0.05) is 11.8 Å². The fourth-order valence-corrected chi connectivity index (χ4v) is 2.02. The van der Waals surface area contributed by atoms with Crippen molar-refractivity contribution >= 4 is 17.7 Å². The molecule has 108 valence electrons. The molecule has 2 aromatic rings. The van der Waals surface area contributed by atoms with Crippen molar-refractivity contribution in [2.24, 2.45) is 0 Å². The molecule has 0 radical (unpaired) electrons. The van der Waals surface area contributed by atoms with Crippen molar-refractivity contribution in [2.75, 3.05) is 13.4 Å². The zero-order valence-corrected chi connectivity index (χ0v) is 12.4. The number of hydrogen-bond acceptors (Lipinski definition) is 7. The van der Waals surface area contributed by atoms with Crippen LogP contribution in [0.15, 0.2) is 23.7 Å². The van der Waals surface area contributed by atoms with E-state index in [1.165, 1.54) is 25.1 Å². The van der Waals surface area contributed by atoms with Gasteiger partial charge in [-0.15, -0.1) is 0 Å². The molecule has 8 heteroatoms. The molecule has 0 spiro atoms. The van der Waals surface area contributed by atoms with E-state index in [0.717, 1.165) is 0 Å². The molecule has 0 aliphatic carbocycles. The summed E-state index contributed by atoms with van der Waals surface area (Å²) in [5, 5.41) is 13.9. The van der Waals surface area contributed by atoms with E-state index >= 15 is 0 Å². The normalized spacial score (nSPS) is 10.1. The summed E-state index contributed by atoms with van der Waals surface area (Å²) in [5.74, 6) is -0.295. The largest absolute Gasteiger partial charge is 0.469 e. The highest BCUT2D eigenvalue weighted by molar-refractivity contribution is 7.98. The summed E-state index contributed by atoms with van der Waals surface area (Å²) in [7, 11) is 1.35. The quantitative estimate of drug-likeness (QED) is 0.469. The van der Waals surface area contributed by atoms with E-state index in [1.54, 1.807) is 17.1 Å². The number of esters is 1. The molecule has 0 amide bonds. The third-order valence-corrected chi connectivity index (χ3v) is 3.31. The minimum absolute atomic E-state index is 0.239. The van der Waals surface area contributed by atoms with Gasteiger partial charge in [-0.05, 0) is 6.26 Å². The maximum atomic E-state index is 11.1. The molecule has 0 N–H and O–H groups in total. The molecule has 0 atom stereocenters. The summed E-state index contributed by atoms with van der Waals surface area (Å²) >= 11 is 1.40. The van der Waals surface area contributed by atoms with Gasteiger partial charge in [0, 0.05) is 18.0 Å². The summed E-state index contributed by atoms with van der Waals surface area (Å²) in [6.45, 7) is 0.412. The van der Waals surface area contributed by atoms with Crippen molar-refractivity contribution in [1.82, 2.24) is 19.7 Å². The minimum Gasteiger partial charge on any atom is -0.469 e. The van der Waals surface area contributed by atoms with Crippen LogP contribution in [0.3, 0.4) is 0 Å². The number of ether oxygens (including phenoxy) is 1. The van der Waals surface area contributed by atoms with E-state index in [9.17, 15) is 4.79 Å². The van der Waals surface area contributed by atoms with Gasteiger partial charge >= 0.3 is 5.97 Å². The summed E-state index contributed by atoms with van der Waals surface area (Å²) in [6.07, 6.45) is 6.97. The lowest BCUT2D eigenvalue weighted by Crippen LogP contribution is -2.07. The fraction of sp³-hybridized carbons (Fsp3) is 0.308. The average molecular weight is 303 g/mol. The number of nitrogens with zero attached hydrogens (tertiary/aromatic N) is 5. The Hall–Kier alpha value is -2.40. The Balaban J connectivity index is 2.25. The molecule has 0 fully saturated rings. The average Bonchev–Trinajstić information content (AvgIpc) is 3.00. The molecular formula is C13H13N5O2S. The number of thioether (sulfide) groups is 1. The Morgan fingerprint density at radius 1 is 1.52 bits per heavy atom. The van der Waals surface area contributed by atoms with Gasteiger partial charge in [0.25, 0.3) is 0 Å². The summed E-state index contributed by atoms with van der Waals surface area (Å²) < 4.78 is 6.20. The Morgan fingerprint density at radius 2 is 2.33 bits per heavy atom. The van der Waals surface area contributed by atoms with Gasteiger partial charge in [-0.2, -0.15) is 10.4 Å². The maximum Gasteiger partial charge on any atom is 0.307 e. The lowest BCUT2D eigenvalue weighted by Gasteiger charge is -2.02. The fourth-order valence-electron chi connectivity index (χ4n) is 1.68. The van der Waals surface area contributed by atoms with Crippen LogP contribution < -0.4 is 0 Å². The van der Waals surface area contributed by atoms with E-state index in [-0.39, 0.29) is 12.4 Å². The second kappa shape index (κ2) is 6.85. The first-order valence-corrected chi connectivity index (χ1v) is 7.31. The molecular weight excluding hydrogens is 290 g/mol. The molecule has 0 aliphatic heterocycles. The van der Waals surface area contributed by atoms with Crippen LogP contribution in [-0.2, 0) is 16.1 Å². The van der Waals surface area contributed by atoms with Gasteiger partial charge in [0.1, 0.15) is 6.07 Å². The monoisotopic (exact) mass is 303 g/mol. The van der Waals surface area contributed by atoms with Crippen molar-refractivity contribution in [3.63, 3.8) is 0 Å². The van der Waals surface area contributed by atoms with Gasteiger partial charge in [-0.25, -0.2) is 9.97 Å². The predicted octanol–water partition coefficient (Wildman–Crippen LogP) is 1.50. The van der Waals surface area contributed by atoms with Gasteiger partial charge in [0.2, 0.25) is 0 Å². The number of hydrogen-bond donors (Lipinski definition) is 0. The van der Waals surface area contributed by atoms with Crippen LogP contribution in [0.1, 0.15) is 12.0 Å². The molecule has 2 heterocycles. The Morgan fingerprint density at radius 3 is 3.00 bits per heavy atom. The summed E-state index contributed by atoms with van der Waals surface area (Å²) in [6, 6.07) is 2.07. The predicted molar refractivity (Wildman–Crippen MR) is 76.4 cm³/mol. The number of nitriles is 1. The van der Waals surface area contributed by atoms with Crippen LogP contribution in [0, 0.1) is 11.3 Å². The first-order valence-electron chi connectivity index (χ1n) is 6.08. The second-order valence-corrected chi connectivity index (χ2v) is 4.82. The zero-order chi connectivity index (χ0) is 15.2. The third kappa shape index (κ3) is 3.58. The molecule has 7 nitrogen and oxygen atoms in total. The number of methoxy groups -OCH3 is 1. The minimum atomic E-state index is -0.295. The highest BCUT2D eigenvalue weighted by Gasteiger charge is 2.12. The number of carbonyl (C=O) groups excluding carboxylic acids is 1. The molecule has 0 saturated carbocycles. The van der Waals surface area contributed by atoms with E-state index in [4.69, 9.17) is 5.26 Å². The van der Waals surface area contributed by atoms with E-state index < -0.39 is 0 Å². The van der Waals surface area contributed by atoms with Crippen LogP contribution in [0.5, 0.6) is 0 Å². The first kappa shape index (κ1) is 15.0. The molecule has 21 heavy (non-hydrogen) atoms. The Bertz CT molecular complexity index is 692. The highest BCUT2D eigenvalue weighted by Crippen LogP contribution is 2.22. The number of carbonyl (C=O) groups is 1. The SMILES string of the molecule is COC(=O)CCn1cc(-c2nc(SC)ncc2C#N)cn1. The molecule has 2 rings (SSSR count). The third-order valence-electron chi connectivity index (χ3n) is 2.75. The van der Waals surface area contributed by atoms with Crippen molar-refractivity contribution in [1.29, 1.82) is 5.26 Å². The van der Waals surface area contributed by atoms with Crippen molar-refractivity contribution in [3.8, 4) is 17.3 Å². The highest BCUT2D eigenvalue weighted by atomic mass is 32.2. The Labute approximate surface area is 126 Å². The molecule has 2 aromatic heterocycles. The lowest BCUT2D eigenvalue weighted by molar-refractivity contribution is -0.140. The van der Waals surface area contributed by atoms with E-state index in [1.807, 2.05) is 6.26 Å². The molecule has 0 saturated heterocycles.